The maximum Gasteiger partial charge on any atom is 0.224 e. The number of rotatable bonds is 7. The summed E-state index contributed by atoms with van der Waals surface area (Å²) in [5, 5.41) is 4.10. The van der Waals surface area contributed by atoms with E-state index in [1.54, 1.807) is 0 Å². The number of ether oxygens (including phenoxy) is 1. The molecule has 0 saturated carbocycles. The van der Waals surface area contributed by atoms with Gasteiger partial charge in [-0.15, -0.1) is 0 Å². The van der Waals surface area contributed by atoms with E-state index in [4.69, 9.17) is 9.15 Å². The molecule has 0 saturated heterocycles. The van der Waals surface area contributed by atoms with Gasteiger partial charge in [-0.2, -0.15) is 0 Å². The number of para-hydroxylation sites is 2. The van der Waals surface area contributed by atoms with Crippen molar-refractivity contribution >= 4 is 16.9 Å². The van der Waals surface area contributed by atoms with Crippen molar-refractivity contribution in [1.29, 1.82) is 0 Å². The van der Waals surface area contributed by atoms with Crippen molar-refractivity contribution < 1.29 is 13.9 Å². The van der Waals surface area contributed by atoms with Gasteiger partial charge in [0.2, 0.25) is 5.91 Å². The first kappa shape index (κ1) is 17.9. The zero-order valence-corrected chi connectivity index (χ0v) is 15.4. The third-order valence-electron chi connectivity index (χ3n) is 4.51. The number of hydrogen-bond donors (Lipinski definition) is 1. The molecule has 4 nitrogen and oxygen atoms in total. The zero-order valence-electron chi connectivity index (χ0n) is 15.4. The summed E-state index contributed by atoms with van der Waals surface area (Å²) < 4.78 is 11.6. The number of nitrogens with one attached hydrogen (secondary N) is 1. The first-order chi connectivity index (χ1) is 13.8. The smallest absolute Gasteiger partial charge is 0.224 e. The Morgan fingerprint density at radius 1 is 0.893 bits per heavy atom. The van der Waals surface area contributed by atoms with E-state index < -0.39 is 0 Å². The van der Waals surface area contributed by atoms with Crippen LogP contribution in [0.1, 0.15) is 23.8 Å². The van der Waals surface area contributed by atoms with E-state index in [1.807, 2.05) is 91.0 Å². The van der Waals surface area contributed by atoms with Crippen molar-refractivity contribution in [2.45, 2.75) is 12.5 Å². The Balaban J connectivity index is 1.48. The number of amides is 1. The van der Waals surface area contributed by atoms with Crippen molar-refractivity contribution in [1.82, 2.24) is 5.32 Å². The summed E-state index contributed by atoms with van der Waals surface area (Å²) in [4.78, 5) is 12.6. The molecule has 1 amide bonds. The van der Waals surface area contributed by atoms with Crippen molar-refractivity contribution in [3.63, 3.8) is 0 Å². The molecule has 0 bridgehead atoms. The maximum absolute atomic E-state index is 12.6. The monoisotopic (exact) mass is 371 g/mol. The van der Waals surface area contributed by atoms with Crippen LogP contribution in [0.5, 0.6) is 5.75 Å². The van der Waals surface area contributed by atoms with E-state index >= 15 is 0 Å². The molecule has 0 aliphatic heterocycles. The van der Waals surface area contributed by atoms with Crippen LogP contribution in [0.4, 0.5) is 0 Å². The maximum atomic E-state index is 12.6. The summed E-state index contributed by atoms with van der Waals surface area (Å²) in [5.41, 5.74) is 1.78. The van der Waals surface area contributed by atoms with Gasteiger partial charge in [-0.1, -0.05) is 66.7 Å². The minimum atomic E-state index is -0.349. The molecular formula is C24H21NO3. The summed E-state index contributed by atoms with van der Waals surface area (Å²) in [6.45, 7) is 0.317. The predicted molar refractivity (Wildman–Crippen MR) is 109 cm³/mol. The number of carbonyl (C=O) groups is 1. The normalized spacial score (nSPS) is 11.9. The Kier molecular flexibility index (Phi) is 5.38. The van der Waals surface area contributed by atoms with Crippen molar-refractivity contribution in [3.05, 3.63) is 102 Å². The van der Waals surface area contributed by atoms with E-state index in [0.29, 0.717) is 12.4 Å². The van der Waals surface area contributed by atoms with Crippen molar-refractivity contribution in [2.75, 3.05) is 6.61 Å². The fourth-order valence-electron chi connectivity index (χ4n) is 3.12. The quantitative estimate of drug-likeness (QED) is 0.491. The lowest BCUT2D eigenvalue weighted by atomic mass is 10.0. The molecule has 1 heterocycles. The van der Waals surface area contributed by atoms with Crippen LogP contribution < -0.4 is 10.1 Å². The standard InChI is InChI=1S/C24H21NO3/c26-23(15-16-27-20-12-5-2-6-13-20)25-24(18-9-3-1-4-10-18)22-17-19-11-7-8-14-21(19)28-22/h1-14,17,24H,15-16H2,(H,25,26). The van der Waals surface area contributed by atoms with Crippen LogP contribution in [0, 0.1) is 0 Å². The SMILES string of the molecule is O=C(CCOc1ccccc1)NC(c1ccccc1)c1cc2ccccc2o1. The van der Waals surface area contributed by atoms with Crippen LogP contribution >= 0.6 is 0 Å². The Bertz CT molecular complexity index is 1010. The molecule has 4 aromatic rings. The highest BCUT2D eigenvalue weighted by Gasteiger charge is 2.20. The average Bonchev–Trinajstić information content (AvgIpc) is 3.17. The fourth-order valence-corrected chi connectivity index (χ4v) is 3.12. The van der Waals surface area contributed by atoms with Crippen LogP contribution in [-0.2, 0) is 4.79 Å². The largest absolute Gasteiger partial charge is 0.493 e. The van der Waals surface area contributed by atoms with Crippen molar-refractivity contribution in [2.24, 2.45) is 0 Å². The van der Waals surface area contributed by atoms with Gasteiger partial charge in [0.05, 0.1) is 13.0 Å². The minimum Gasteiger partial charge on any atom is -0.493 e. The Hall–Kier alpha value is -3.53. The van der Waals surface area contributed by atoms with Gasteiger partial charge in [0.1, 0.15) is 23.1 Å². The first-order valence-corrected chi connectivity index (χ1v) is 9.30. The molecule has 1 atom stereocenters. The molecule has 28 heavy (non-hydrogen) atoms. The summed E-state index contributed by atoms with van der Waals surface area (Å²) in [5.74, 6) is 1.38. The van der Waals surface area contributed by atoms with Gasteiger partial charge in [0.15, 0.2) is 0 Å². The van der Waals surface area contributed by atoms with E-state index in [9.17, 15) is 4.79 Å². The molecule has 1 unspecified atom stereocenters. The third-order valence-corrected chi connectivity index (χ3v) is 4.51. The molecule has 0 spiro atoms. The molecule has 0 aliphatic rings. The topological polar surface area (TPSA) is 51.5 Å². The third kappa shape index (κ3) is 4.23. The molecule has 0 fully saturated rings. The molecule has 1 N–H and O–H groups in total. The van der Waals surface area contributed by atoms with Gasteiger partial charge in [-0.25, -0.2) is 0 Å². The van der Waals surface area contributed by atoms with E-state index in [1.165, 1.54) is 0 Å². The molecule has 0 radical (unpaired) electrons. The fraction of sp³-hybridized carbons (Fsp3) is 0.125. The lowest BCUT2D eigenvalue weighted by Crippen LogP contribution is -2.30. The lowest BCUT2D eigenvalue weighted by molar-refractivity contribution is -0.122. The van der Waals surface area contributed by atoms with Gasteiger partial charge < -0.3 is 14.5 Å². The minimum absolute atomic E-state index is 0.0924. The van der Waals surface area contributed by atoms with Gasteiger partial charge in [-0.3, -0.25) is 4.79 Å². The average molecular weight is 371 g/mol. The highest BCUT2D eigenvalue weighted by molar-refractivity contribution is 5.79. The Morgan fingerprint density at radius 2 is 1.57 bits per heavy atom. The second kappa shape index (κ2) is 8.44. The molecule has 4 rings (SSSR count). The van der Waals surface area contributed by atoms with E-state index in [2.05, 4.69) is 5.32 Å². The molecular weight excluding hydrogens is 350 g/mol. The molecule has 1 aromatic heterocycles. The second-order valence-electron chi connectivity index (χ2n) is 6.51. The van der Waals surface area contributed by atoms with E-state index in [0.717, 1.165) is 22.3 Å². The van der Waals surface area contributed by atoms with Gasteiger partial charge in [0, 0.05) is 5.39 Å². The number of fused-ring (bicyclic) bond motifs is 1. The second-order valence-corrected chi connectivity index (χ2v) is 6.51. The summed E-state index contributed by atoms with van der Waals surface area (Å²) >= 11 is 0. The summed E-state index contributed by atoms with van der Waals surface area (Å²) in [6.07, 6.45) is 0.262. The predicted octanol–water partition coefficient (Wildman–Crippen LogP) is 5.11. The zero-order chi connectivity index (χ0) is 19.2. The van der Waals surface area contributed by atoms with Gasteiger partial charge in [-0.05, 0) is 29.8 Å². The Morgan fingerprint density at radius 3 is 2.32 bits per heavy atom. The highest BCUT2D eigenvalue weighted by atomic mass is 16.5. The molecule has 4 heteroatoms. The first-order valence-electron chi connectivity index (χ1n) is 9.30. The number of hydrogen-bond acceptors (Lipinski definition) is 3. The van der Waals surface area contributed by atoms with Gasteiger partial charge >= 0.3 is 0 Å². The number of benzene rings is 3. The van der Waals surface area contributed by atoms with Crippen LogP contribution in [0.15, 0.2) is 95.4 Å². The van der Waals surface area contributed by atoms with Crippen molar-refractivity contribution in [3.8, 4) is 5.75 Å². The number of furan rings is 1. The molecule has 3 aromatic carbocycles. The summed E-state index contributed by atoms with van der Waals surface area (Å²) in [6, 6.07) is 28.8. The number of carbonyl (C=O) groups excluding carboxylic acids is 1. The van der Waals surface area contributed by atoms with Crippen LogP contribution in [-0.4, -0.2) is 12.5 Å². The molecule has 140 valence electrons. The Labute approximate surface area is 163 Å². The van der Waals surface area contributed by atoms with Crippen LogP contribution in [0.25, 0.3) is 11.0 Å². The van der Waals surface area contributed by atoms with Crippen LogP contribution in [0.3, 0.4) is 0 Å². The van der Waals surface area contributed by atoms with E-state index in [-0.39, 0.29) is 18.4 Å². The van der Waals surface area contributed by atoms with Gasteiger partial charge in [0.25, 0.3) is 0 Å². The molecule has 0 aliphatic carbocycles. The lowest BCUT2D eigenvalue weighted by Gasteiger charge is -2.17. The highest BCUT2D eigenvalue weighted by Crippen LogP contribution is 2.28. The van der Waals surface area contributed by atoms with Crippen LogP contribution in [0.2, 0.25) is 0 Å². The summed E-state index contributed by atoms with van der Waals surface area (Å²) in [7, 11) is 0.